The fourth-order valence-corrected chi connectivity index (χ4v) is 3.50. The number of carbonyl (C=O) groups is 2. The SMILES string of the molecule is CCCCCCCCC(CCCCCC)OCC(=O)CCCCCCC(=O)O. The fraction of sp³-hybridized carbons (Fsp3) is 0.917. The van der Waals surface area contributed by atoms with Gasteiger partial charge in [0.15, 0.2) is 5.78 Å². The van der Waals surface area contributed by atoms with Gasteiger partial charge in [0.25, 0.3) is 0 Å². The van der Waals surface area contributed by atoms with E-state index in [1.165, 1.54) is 64.2 Å². The normalized spacial score (nSPS) is 12.2. The van der Waals surface area contributed by atoms with Crippen molar-refractivity contribution in [2.45, 2.75) is 136 Å². The Morgan fingerprint density at radius 3 is 1.71 bits per heavy atom. The van der Waals surface area contributed by atoms with E-state index in [9.17, 15) is 9.59 Å². The molecule has 0 aliphatic heterocycles. The summed E-state index contributed by atoms with van der Waals surface area (Å²) in [6.07, 6.45) is 19.3. The molecular formula is C24H46O4. The van der Waals surface area contributed by atoms with Crippen molar-refractivity contribution in [2.24, 2.45) is 0 Å². The van der Waals surface area contributed by atoms with Crippen molar-refractivity contribution in [3.8, 4) is 0 Å². The lowest BCUT2D eigenvalue weighted by Crippen LogP contribution is -2.18. The van der Waals surface area contributed by atoms with Gasteiger partial charge in [0, 0.05) is 12.8 Å². The summed E-state index contributed by atoms with van der Waals surface area (Å²) in [6.45, 7) is 4.72. The summed E-state index contributed by atoms with van der Waals surface area (Å²) in [5.74, 6) is -0.542. The van der Waals surface area contributed by atoms with Gasteiger partial charge in [0.2, 0.25) is 0 Å². The smallest absolute Gasteiger partial charge is 0.303 e. The Kier molecular flexibility index (Phi) is 20.2. The molecule has 4 nitrogen and oxygen atoms in total. The number of carboxylic acids is 1. The van der Waals surface area contributed by atoms with Crippen LogP contribution in [-0.2, 0) is 14.3 Å². The van der Waals surface area contributed by atoms with Gasteiger partial charge < -0.3 is 9.84 Å². The average molecular weight is 399 g/mol. The maximum atomic E-state index is 12.1. The van der Waals surface area contributed by atoms with Gasteiger partial charge in [-0.1, -0.05) is 90.9 Å². The molecule has 28 heavy (non-hydrogen) atoms. The lowest BCUT2D eigenvalue weighted by molar-refractivity contribution is -0.137. The number of hydrogen-bond donors (Lipinski definition) is 1. The fourth-order valence-electron chi connectivity index (χ4n) is 3.50. The van der Waals surface area contributed by atoms with Crippen LogP contribution >= 0.6 is 0 Å². The third-order valence-corrected chi connectivity index (χ3v) is 5.34. The number of rotatable bonds is 22. The second-order valence-electron chi connectivity index (χ2n) is 8.19. The first-order valence-corrected chi connectivity index (χ1v) is 11.9. The zero-order chi connectivity index (χ0) is 20.9. The maximum absolute atomic E-state index is 12.1. The van der Waals surface area contributed by atoms with Crippen LogP contribution in [0.2, 0.25) is 0 Å². The number of carbonyl (C=O) groups excluding carboxylic acids is 1. The first kappa shape index (κ1) is 27.1. The number of unbranched alkanes of at least 4 members (excludes halogenated alkanes) is 11. The van der Waals surface area contributed by atoms with Crippen molar-refractivity contribution in [2.75, 3.05) is 6.61 Å². The van der Waals surface area contributed by atoms with Gasteiger partial charge >= 0.3 is 5.97 Å². The van der Waals surface area contributed by atoms with Crippen LogP contribution in [0.4, 0.5) is 0 Å². The highest BCUT2D eigenvalue weighted by atomic mass is 16.5. The van der Waals surface area contributed by atoms with Crippen molar-refractivity contribution in [1.29, 1.82) is 0 Å². The number of Topliss-reactive ketones (excluding diaryl/α,β-unsaturated/α-hetero) is 1. The molecule has 0 aromatic heterocycles. The minimum absolute atomic E-state index is 0.194. The summed E-state index contributed by atoms with van der Waals surface area (Å²) in [6, 6.07) is 0. The van der Waals surface area contributed by atoms with Crippen LogP contribution in [-0.4, -0.2) is 29.6 Å². The number of ketones is 1. The molecule has 4 heteroatoms. The molecule has 0 fully saturated rings. The summed E-state index contributed by atoms with van der Waals surface area (Å²) in [5, 5.41) is 8.62. The van der Waals surface area contributed by atoms with Gasteiger partial charge in [-0.25, -0.2) is 0 Å². The van der Waals surface area contributed by atoms with Crippen LogP contribution in [0.15, 0.2) is 0 Å². The number of aliphatic carboxylic acids is 1. The topological polar surface area (TPSA) is 63.6 Å². The first-order chi connectivity index (χ1) is 13.6. The van der Waals surface area contributed by atoms with E-state index < -0.39 is 5.97 Å². The van der Waals surface area contributed by atoms with Crippen LogP contribution in [0.1, 0.15) is 129 Å². The molecule has 1 unspecified atom stereocenters. The molecule has 0 radical (unpaired) electrons. The molecule has 0 rings (SSSR count). The Balaban J connectivity index is 3.92. The zero-order valence-electron chi connectivity index (χ0n) is 18.7. The third kappa shape index (κ3) is 19.9. The summed E-state index contributed by atoms with van der Waals surface area (Å²) in [4.78, 5) is 22.6. The number of ether oxygens (including phenoxy) is 1. The Hall–Kier alpha value is -0.900. The summed E-state index contributed by atoms with van der Waals surface area (Å²) in [7, 11) is 0. The highest BCUT2D eigenvalue weighted by Gasteiger charge is 2.12. The second-order valence-corrected chi connectivity index (χ2v) is 8.19. The molecule has 0 saturated carbocycles. The van der Waals surface area contributed by atoms with Crippen LogP contribution in [0.25, 0.3) is 0 Å². The van der Waals surface area contributed by atoms with Crippen molar-refractivity contribution in [3.63, 3.8) is 0 Å². The Morgan fingerprint density at radius 1 is 0.679 bits per heavy atom. The predicted octanol–water partition coefficient (Wildman–Crippen LogP) is 7.09. The molecule has 0 amide bonds. The minimum Gasteiger partial charge on any atom is -0.481 e. The molecule has 1 N–H and O–H groups in total. The van der Waals surface area contributed by atoms with Gasteiger partial charge in [0.05, 0.1) is 6.10 Å². The lowest BCUT2D eigenvalue weighted by Gasteiger charge is -2.18. The highest BCUT2D eigenvalue weighted by Crippen LogP contribution is 2.16. The Morgan fingerprint density at radius 2 is 1.14 bits per heavy atom. The van der Waals surface area contributed by atoms with E-state index in [4.69, 9.17) is 9.84 Å². The van der Waals surface area contributed by atoms with E-state index in [1.807, 2.05) is 0 Å². The van der Waals surface area contributed by atoms with Gasteiger partial charge in [-0.2, -0.15) is 0 Å². The summed E-state index contributed by atoms with van der Waals surface area (Å²) < 4.78 is 5.99. The third-order valence-electron chi connectivity index (χ3n) is 5.34. The van der Waals surface area contributed by atoms with Crippen molar-refractivity contribution >= 4 is 11.8 Å². The summed E-state index contributed by atoms with van der Waals surface area (Å²) in [5.41, 5.74) is 0. The monoisotopic (exact) mass is 398 g/mol. The second kappa shape index (κ2) is 20.8. The van der Waals surface area contributed by atoms with Gasteiger partial charge in [-0.15, -0.1) is 0 Å². The van der Waals surface area contributed by atoms with Gasteiger partial charge in [0.1, 0.15) is 6.61 Å². The van der Waals surface area contributed by atoms with Crippen molar-refractivity contribution in [3.05, 3.63) is 0 Å². The molecule has 166 valence electrons. The molecule has 0 spiro atoms. The van der Waals surface area contributed by atoms with Gasteiger partial charge in [-0.05, 0) is 25.7 Å². The summed E-state index contributed by atoms with van der Waals surface area (Å²) >= 11 is 0. The number of carboxylic acid groups (broad SMARTS) is 1. The van der Waals surface area contributed by atoms with E-state index in [2.05, 4.69) is 13.8 Å². The zero-order valence-corrected chi connectivity index (χ0v) is 18.7. The van der Waals surface area contributed by atoms with E-state index >= 15 is 0 Å². The molecule has 0 aromatic carbocycles. The Bertz CT molecular complexity index is 368. The molecule has 0 heterocycles. The van der Waals surface area contributed by atoms with E-state index in [0.29, 0.717) is 12.8 Å². The van der Waals surface area contributed by atoms with Gasteiger partial charge in [-0.3, -0.25) is 9.59 Å². The van der Waals surface area contributed by atoms with E-state index in [0.717, 1.165) is 32.1 Å². The maximum Gasteiger partial charge on any atom is 0.303 e. The van der Waals surface area contributed by atoms with Crippen LogP contribution < -0.4 is 0 Å². The van der Waals surface area contributed by atoms with Crippen molar-refractivity contribution < 1.29 is 19.4 Å². The molecule has 0 aliphatic carbocycles. The molecule has 0 saturated heterocycles. The molecule has 0 aliphatic rings. The van der Waals surface area contributed by atoms with Crippen LogP contribution in [0.5, 0.6) is 0 Å². The Labute approximate surface area is 173 Å². The number of hydrogen-bond acceptors (Lipinski definition) is 3. The molecule has 0 bridgehead atoms. The average Bonchev–Trinajstić information content (AvgIpc) is 2.67. The lowest BCUT2D eigenvalue weighted by atomic mass is 10.0. The quantitative estimate of drug-likeness (QED) is 0.198. The predicted molar refractivity (Wildman–Crippen MR) is 117 cm³/mol. The van der Waals surface area contributed by atoms with E-state index in [1.54, 1.807) is 0 Å². The van der Waals surface area contributed by atoms with E-state index in [-0.39, 0.29) is 24.9 Å². The molecule has 0 aromatic rings. The van der Waals surface area contributed by atoms with Crippen molar-refractivity contribution in [1.82, 2.24) is 0 Å². The van der Waals surface area contributed by atoms with Crippen LogP contribution in [0.3, 0.4) is 0 Å². The minimum atomic E-state index is -0.736. The largest absolute Gasteiger partial charge is 0.481 e. The van der Waals surface area contributed by atoms with Crippen LogP contribution in [0, 0.1) is 0 Å². The molecular weight excluding hydrogens is 352 g/mol. The first-order valence-electron chi connectivity index (χ1n) is 11.9. The standard InChI is InChI=1S/C24H46O4/c1-3-5-7-9-10-15-19-23(18-14-8-6-4-2)28-21-22(25)17-13-11-12-16-20-24(26)27/h23H,3-21H2,1-2H3,(H,26,27). The highest BCUT2D eigenvalue weighted by molar-refractivity contribution is 5.79. The molecule has 1 atom stereocenters.